The van der Waals surface area contributed by atoms with Crippen molar-refractivity contribution in [2.45, 2.75) is 218 Å². The van der Waals surface area contributed by atoms with Gasteiger partial charge in [0.15, 0.2) is 23.1 Å². The van der Waals surface area contributed by atoms with Gasteiger partial charge >= 0.3 is 0 Å². The zero-order chi connectivity index (χ0) is 66.8. The number of nitrogens with zero attached hydrogens (tertiary/aromatic N) is 4. The van der Waals surface area contributed by atoms with Crippen molar-refractivity contribution >= 4 is 92.2 Å². The number of carbonyl (C=O) groups is 12. The van der Waals surface area contributed by atoms with Crippen molar-refractivity contribution in [3.05, 3.63) is 72.1 Å². The summed E-state index contributed by atoms with van der Waals surface area (Å²) in [6.45, 7) is 11.3. The second kappa shape index (κ2) is 33.8. The molecule has 500 valence electrons. The van der Waals surface area contributed by atoms with Crippen LogP contribution >= 0.6 is 0 Å². The van der Waals surface area contributed by atoms with E-state index in [0.29, 0.717) is 70.9 Å². The summed E-state index contributed by atoms with van der Waals surface area (Å²) in [6.07, 6.45) is 12.0. The lowest BCUT2D eigenvalue weighted by Crippen LogP contribution is -2.64. The van der Waals surface area contributed by atoms with Crippen molar-refractivity contribution in [1.29, 1.82) is 0 Å². The minimum absolute atomic E-state index is 0.0610. The fourth-order valence-electron chi connectivity index (χ4n) is 12.7. The number of ketones is 4. The number of rotatable bonds is 24. The van der Waals surface area contributed by atoms with Gasteiger partial charge in [-0.2, -0.15) is 9.46 Å². The number of fused-ring (bicyclic) bond motifs is 4. The predicted molar refractivity (Wildman–Crippen MR) is 343 cm³/mol. The van der Waals surface area contributed by atoms with E-state index >= 15 is 0 Å². The van der Waals surface area contributed by atoms with E-state index in [-0.39, 0.29) is 68.6 Å². The Morgan fingerprint density at radius 1 is 0.489 bits per heavy atom. The summed E-state index contributed by atoms with van der Waals surface area (Å²) in [7, 11) is 3.08. The molecule has 24 heteroatoms. The fraction of sp³-hybridized carbons (Fsp3) is 0.588. The molecule has 2 aromatic heterocycles. The SMILES string of the molecule is CCC(=O)C(=O)CCCC[C@@H]1NC(=O)[C@H]2CCCCN2C(=O)C([C@@H](C)CC)NC(=O)[C@H](Cc2cn(OC)c3ccccc23)NC1=O.CCC(C)[C@@H]1NC(=O)[C@H](Cc2cn(OC)c3ccccc23)NC(=O)[C@H](CCCCCC(=O)C(C)=O)NC(=O)[C@H]2CCCCN2C1=O. The molecule has 10 atom stereocenters. The van der Waals surface area contributed by atoms with Crippen LogP contribution in [0.5, 0.6) is 0 Å². The van der Waals surface area contributed by atoms with E-state index in [4.69, 9.17) is 9.68 Å². The molecular formula is C68H94N10O14. The molecule has 2 aromatic carbocycles. The lowest BCUT2D eigenvalue weighted by atomic mass is 9.93. The van der Waals surface area contributed by atoms with Crippen LogP contribution in [0.25, 0.3) is 21.8 Å². The molecule has 4 aromatic rings. The highest BCUT2D eigenvalue weighted by Gasteiger charge is 2.43. The first-order valence-corrected chi connectivity index (χ1v) is 32.9. The van der Waals surface area contributed by atoms with E-state index in [1.165, 1.54) is 14.0 Å². The Kier molecular flexibility index (Phi) is 26.1. The van der Waals surface area contributed by atoms with E-state index in [0.717, 1.165) is 58.6 Å². The summed E-state index contributed by atoms with van der Waals surface area (Å²) in [5.41, 5.74) is 3.12. The zero-order valence-electron chi connectivity index (χ0n) is 54.6. The smallest absolute Gasteiger partial charge is 0.246 e. The predicted octanol–water partition coefficient (Wildman–Crippen LogP) is 4.49. The maximum Gasteiger partial charge on any atom is 0.246 e. The van der Waals surface area contributed by atoms with Crippen LogP contribution < -0.4 is 41.6 Å². The van der Waals surface area contributed by atoms with E-state index in [1.807, 2.05) is 76.2 Å². The zero-order valence-corrected chi connectivity index (χ0v) is 54.6. The molecule has 0 aliphatic carbocycles. The van der Waals surface area contributed by atoms with Gasteiger partial charge in [0, 0.05) is 75.3 Å². The number of nitrogens with one attached hydrogen (secondary N) is 6. The first-order valence-electron chi connectivity index (χ1n) is 32.9. The van der Waals surface area contributed by atoms with Crippen LogP contribution in [0.3, 0.4) is 0 Å². The Hall–Kier alpha value is -8.44. The second-order valence-corrected chi connectivity index (χ2v) is 24.9. The lowest BCUT2D eigenvalue weighted by Gasteiger charge is -2.39. The first kappa shape index (κ1) is 71.0. The fourth-order valence-corrected chi connectivity index (χ4v) is 12.7. The Bertz CT molecular complexity index is 3330. The van der Waals surface area contributed by atoms with Crippen LogP contribution in [0.15, 0.2) is 60.9 Å². The largest absolute Gasteiger partial charge is 0.417 e. The quantitative estimate of drug-likeness (QED) is 0.0416. The number of piperidine rings is 2. The average Bonchev–Trinajstić information content (AvgIpc) is 1.47. The van der Waals surface area contributed by atoms with Gasteiger partial charge in [-0.05, 0) is 99.3 Å². The van der Waals surface area contributed by atoms with E-state index in [2.05, 4.69) is 31.9 Å². The van der Waals surface area contributed by atoms with Crippen LogP contribution in [0.2, 0.25) is 0 Å². The highest BCUT2D eigenvalue weighted by atomic mass is 16.6. The number of hydrogen-bond acceptors (Lipinski definition) is 14. The molecule has 0 radical (unpaired) electrons. The molecule has 92 heavy (non-hydrogen) atoms. The number of carbonyl (C=O) groups excluding carboxylic acids is 12. The molecule has 4 saturated heterocycles. The first-order chi connectivity index (χ1) is 44.1. The second-order valence-electron chi connectivity index (χ2n) is 24.9. The normalized spacial score (nSPS) is 23.3. The van der Waals surface area contributed by atoms with Crippen molar-refractivity contribution in [3.8, 4) is 0 Å². The molecule has 0 bridgehead atoms. The summed E-state index contributed by atoms with van der Waals surface area (Å²) in [5.74, 6) is -5.65. The minimum Gasteiger partial charge on any atom is -0.417 e. The number of Topliss-reactive ketones (excluding diaryl/α,β-unsaturated/α-hetero) is 4. The van der Waals surface area contributed by atoms with Crippen LogP contribution in [-0.2, 0) is 70.4 Å². The molecule has 24 nitrogen and oxygen atoms in total. The van der Waals surface area contributed by atoms with Gasteiger partial charge in [0.25, 0.3) is 0 Å². The maximum atomic E-state index is 14.0. The molecule has 2 unspecified atom stereocenters. The van der Waals surface area contributed by atoms with Crippen molar-refractivity contribution < 1.29 is 67.2 Å². The number of amides is 8. The number of benzene rings is 2. The topological polar surface area (TPSA) is 312 Å². The van der Waals surface area contributed by atoms with Gasteiger partial charge in [-0.1, -0.05) is 103 Å². The molecule has 4 fully saturated rings. The van der Waals surface area contributed by atoms with Gasteiger partial charge in [0.05, 0.1) is 11.0 Å². The van der Waals surface area contributed by atoms with Gasteiger partial charge in [0.1, 0.15) is 62.6 Å². The number of para-hydroxylation sites is 2. The number of aromatic nitrogens is 2. The maximum absolute atomic E-state index is 14.0. The van der Waals surface area contributed by atoms with Gasteiger partial charge in [-0.15, -0.1) is 0 Å². The van der Waals surface area contributed by atoms with Crippen LogP contribution in [0, 0.1) is 11.8 Å². The molecule has 6 N–H and O–H groups in total. The molecule has 4 aliphatic heterocycles. The molecule has 4 aliphatic rings. The Labute approximate surface area is 538 Å². The molecule has 0 spiro atoms. The summed E-state index contributed by atoms with van der Waals surface area (Å²) in [4.78, 5) is 172. The van der Waals surface area contributed by atoms with Crippen LogP contribution in [-0.4, -0.2) is 165 Å². The van der Waals surface area contributed by atoms with Crippen LogP contribution in [0.1, 0.15) is 168 Å². The third-order valence-electron chi connectivity index (χ3n) is 18.6. The van der Waals surface area contributed by atoms with E-state index < -0.39 is 107 Å². The Balaban J connectivity index is 0.000000261. The van der Waals surface area contributed by atoms with Crippen molar-refractivity contribution in [3.63, 3.8) is 0 Å². The van der Waals surface area contributed by atoms with Crippen molar-refractivity contribution in [2.75, 3.05) is 27.3 Å². The molecule has 8 rings (SSSR count). The standard InChI is InChI=1S/2C34H47N5O7/c1-5-21(2)30-34(45)38-18-12-11-16-28(38)33(44)35-25(14-7-6-8-17-29(41)22(3)40)31(42)36-26(32(43)37-30)19-23-20-39(46-4)27-15-10-9-13-24(23)27;1-5-21(3)30-34(45)38-18-12-11-16-27(38)33(44)35-24(14-8-10-17-29(41)28(40)6-2)31(42)36-25(32(43)37-30)19-22-20-39(46-4)26-15-9-7-13-23(22)26/h9-10,13,15,20-21,25-26,28,30H,5-8,11-12,14,16-19H2,1-4H3,(H,35,44)(H,36,42)(H,37,43);7,9,13,15,20-21,24-25,27,30H,5-6,8,10-12,14,16-19H2,1-4H3,(H,35,44)(H,36,42)(H,37,43)/t21?,25-,26-,28+,30-;21-,24-,25-,27+,30?/m00/s1. The number of hydrogen-bond donors (Lipinski definition) is 6. The minimum atomic E-state index is -1.07. The van der Waals surface area contributed by atoms with Gasteiger partial charge in [-0.3, -0.25) is 57.5 Å². The highest BCUT2D eigenvalue weighted by molar-refractivity contribution is 6.37. The summed E-state index contributed by atoms with van der Waals surface area (Å²) in [6, 6.07) is 7.79. The Morgan fingerprint density at radius 2 is 0.880 bits per heavy atom. The van der Waals surface area contributed by atoms with Crippen LogP contribution in [0.4, 0.5) is 0 Å². The Morgan fingerprint density at radius 3 is 1.29 bits per heavy atom. The van der Waals surface area contributed by atoms with Gasteiger partial charge in [-0.25, -0.2) is 0 Å². The third kappa shape index (κ3) is 17.8. The third-order valence-corrected chi connectivity index (χ3v) is 18.6. The van der Waals surface area contributed by atoms with E-state index in [1.54, 1.807) is 45.7 Å². The monoisotopic (exact) mass is 1270 g/mol. The summed E-state index contributed by atoms with van der Waals surface area (Å²) in [5, 5.41) is 19.2. The number of unbranched alkanes of at least 4 members (excludes halogenated alkanes) is 3. The highest BCUT2D eigenvalue weighted by Crippen LogP contribution is 2.28. The van der Waals surface area contributed by atoms with Crippen molar-refractivity contribution in [2.24, 2.45) is 11.8 Å². The van der Waals surface area contributed by atoms with E-state index in [9.17, 15) is 57.5 Å². The molecular weight excluding hydrogens is 1180 g/mol. The summed E-state index contributed by atoms with van der Waals surface area (Å²) < 4.78 is 3.19. The molecule has 0 saturated carbocycles. The molecule has 8 amide bonds. The summed E-state index contributed by atoms with van der Waals surface area (Å²) >= 11 is 0. The van der Waals surface area contributed by atoms with Crippen molar-refractivity contribution in [1.82, 2.24) is 51.2 Å². The lowest BCUT2D eigenvalue weighted by molar-refractivity contribution is -0.147. The molecule has 6 heterocycles. The van der Waals surface area contributed by atoms with Gasteiger partial charge in [0.2, 0.25) is 47.3 Å². The average molecular weight is 1280 g/mol. The van der Waals surface area contributed by atoms with Gasteiger partial charge < -0.3 is 51.4 Å².